The number of thiazole rings is 1. The van der Waals surface area contributed by atoms with Crippen LogP contribution in [0.15, 0.2) is 36.5 Å². The number of hydrogen-bond donors (Lipinski definition) is 1. The maximum Gasteiger partial charge on any atom is 0.226 e. The van der Waals surface area contributed by atoms with Crippen molar-refractivity contribution in [2.24, 2.45) is 0 Å². The van der Waals surface area contributed by atoms with Gasteiger partial charge >= 0.3 is 0 Å². The number of benzene rings is 1. The van der Waals surface area contributed by atoms with Crippen LogP contribution >= 0.6 is 34.3 Å². The zero-order valence-corrected chi connectivity index (χ0v) is 16.2. The minimum absolute atomic E-state index is 0.0342. The van der Waals surface area contributed by atoms with Crippen LogP contribution < -0.4 is 5.32 Å². The van der Waals surface area contributed by atoms with Crippen molar-refractivity contribution in [3.05, 3.63) is 67.8 Å². The molecule has 2 aromatic heterocycles. The second-order valence-corrected chi connectivity index (χ2v) is 8.46. The number of Topliss-reactive ketones (excluding diaryl/α,β-unsaturated/α-hetero) is 1. The van der Waals surface area contributed by atoms with E-state index in [9.17, 15) is 18.4 Å². The number of carbonyl (C=O) groups excluding carboxylic acids is 2. The molecule has 140 valence electrons. The Labute approximate surface area is 166 Å². The maximum absolute atomic E-state index is 13.3. The van der Waals surface area contributed by atoms with E-state index in [2.05, 4.69) is 10.3 Å². The topological polar surface area (TPSA) is 59.1 Å². The summed E-state index contributed by atoms with van der Waals surface area (Å²) < 4.78 is 26.7. The van der Waals surface area contributed by atoms with Crippen LogP contribution in [-0.2, 0) is 11.2 Å². The van der Waals surface area contributed by atoms with E-state index in [0.717, 1.165) is 17.0 Å². The van der Waals surface area contributed by atoms with Gasteiger partial charge in [0.1, 0.15) is 0 Å². The molecule has 0 bridgehead atoms. The van der Waals surface area contributed by atoms with E-state index in [0.29, 0.717) is 26.3 Å². The number of halogens is 3. The van der Waals surface area contributed by atoms with Crippen LogP contribution in [0, 0.1) is 11.6 Å². The van der Waals surface area contributed by atoms with E-state index in [1.54, 1.807) is 18.3 Å². The summed E-state index contributed by atoms with van der Waals surface area (Å²) >= 11 is 8.21. The summed E-state index contributed by atoms with van der Waals surface area (Å²) in [4.78, 5) is 29.4. The summed E-state index contributed by atoms with van der Waals surface area (Å²) in [5, 5.41) is 3.03. The SMILES string of the molecule is O=C(CCC(=O)c1ccc(Cl)s1)Nc1ncc(Cc2ccc(F)c(F)c2)s1. The van der Waals surface area contributed by atoms with Crippen LogP contribution in [0.4, 0.5) is 13.9 Å². The first-order valence-electron chi connectivity index (χ1n) is 7.88. The maximum atomic E-state index is 13.3. The molecular formula is C18H13ClF2N2O2S2. The van der Waals surface area contributed by atoms with E-state index in [-0.39, 0.29) is 24.5 Å². The van der Waals surface area contributed by atoms with Crippen molar-refractivity contribution < 1.29 is 18.4 Å². The number of aromatic nitrogens is 1. The lowest BCUT2D eigenvalue weighted by Gasteiger charge is -2.01. The molecule has 1 amide bonds. The Morgan fingerprint density at radius 1 is 1.07 bits per heavy atom. The highest BCUT2D eigenvalue weighted by molar-refractivity contribution is 7.18. The Hall–Kier alpha value is -2.16. The summed E-state index contributed by atoms with van der Waals surface area (Å²) in [6, 6.07) is 6.99. The van der Waals surface area contributed by atoms with Gasteiger partial charge in [-0.15, -0.1) is 22.7 Å². The highest BCUT2D eigenvalue weighted by Gasteiger charge is 2.13. The Bertz CT molecular complexity index is 987. The molecule has 0 unspecified atom stereocenters. The zero-order valence-electron chi connectivity index (χ0n) is 13.8. The van der Waals surface area contributed by atoms with Gasteiger partial charge in [-0.25, -0.2) is 13.8 Å². The Kier molecular flexibility index (Phi) is 6.30. The van der Waals surface area contributed by atoms with Gasteiger partial charge in [0.15, 0.2) is 22.5 Å². The lowest BCUT2D eigenvalue weighted by Crippen LogP contribution is -2.12. The smallest absolute Gasteiger partial charge is 0.226 e. The average Bonchev–Trinajstić information content (AvgIpc) is 3.25. The molecule has 0 radical (unpaired) electrons. The molecule has 0 aliphatic heterocycles. The fraction of sp³-hybridized carbons (Fsp3) is 0.167. The first-order valence-corrected chi connectivity index (χ1v) is 9.89. The number of thiophene rings is 1. The number of nitrogens with one attached hydrogen (secondary N) is 1. The van der Waals surface area contributed by atoms with Crippen molar-refractivity contribution in [3.63, 3.8) is 0 Å². The molecule has 2 heterocycles. The third-order valence-electron chi connectivity index (χ3n) is 3.59. The van der Waals surface area contributed by atoms with Gasteiger partial charge in [-0.05, 0) is 29.8 Å². The van der Waals surface area contributed by atoms with Gasteiger partial charge in [0.2, 0.25) is 5.91 Å². The molecule has 9 heteroatoms. The Balaban J connectivity index is 1.51. The van der Waals surface area contributed by atoms with Crippen LogP contribution in [0.3, 0.4) is 0 Å². The molecule has 3 aromatic rings. The van der Waals surface area contributed by atoms with Crippen molar-refractivity contribution >= 4 is 51.1 Å². The van der Waals surface area contributed by atoms with Crippen LogP contribution in [0.2, 0.25) is 4.34 Å². The number of anilines is 1. The summed E-state index contributed by atoms with van der Waals surface area (Å²) in [5.74, 6) is -2.25. The molecule has 0 fully saturated rings. The van der Waals surface area contributed by atoms with E-state index >= 15 is 0 Å². The molecule has 0 saturated heterocycles. The fourth-order valence-electron chi connectivity index (χ4n) is 2.29. The normalized spacial score (nSPS) is 10.8. The minimum atomic E-state index is -0.901. The Morgan fingerprint density at radius 3 is 2.59 bits per heavy atom. The van der Waals surface area contributed by atoms with E-state index in [1.807, 2.05) is 0 Å². The van der Waals surface area contributed by atoms with Gasteiger partial charge in [-0.3, -0.25) is 9.59 Å². The molecule has 27 heavy (non-hydrogen) atoms. The van der Waals surface area contributed by atoms with Crippen molar-refractivity contribution in [2.75, 3.05) is 5.32 Å². The monoisotopic (exact) mass is 426 g/mol. The van der Waals surface area contributed by atoms with Crippen LogP contribution in [0.5, 0.6) is 0 Å². The lowest BCUT2D eigenvalue weighted by molar-refractivity contribution is -0.116. The fourth-order valence-corrected chi connectivity index (χ4v) is 4.17. The van der Waals surface area contributed by atoms with Crippen molar-refractivity contribution in [1.29, 1.82) is 0 Å². The van der Waals surface area contributed by atoms with Gasteiger partial charge in [0.25, 0.3) is 0 Å². The predicted molar refractivity (Wildman–Crippen MR) is 103 cm³/mol. The highest BCUT2D eigenvalue weighted by Crippen LogP contribution is 2.24. The second kappa shape index (κ2) is 8.69. The van der Waals surface area contributed by atoms with Crippen LogP contribution in [0.1, 0.15) is 33.0 Å². The number of hydrogen-bond acceptors (Lipinski definition) is 5. The third-order valence-corrected chi connectivity index (χ3v) is 5.77. The van der Waals surface area contributed by atoms with Gasteiger partial charge in [-0.2, -0.15) is 0 Å². The summed E-state index contributed by atoms with van der Waals surface area (Å²) in [6.45, 7) is 0. The van der Waals surface area contributed by atoms with Gasteiger partial charge in [0, 0.05) is 30.3 Å². The predicted octanol–water partition coefficient (Wildman–Crippen LogP) is 5.33. The molecule has 1 N–H and O–H groups in total. The van der Waals surface area contributed by atoms with Gasteiger partial charge in [0.05, 0.1) is 9.21 Å². The first-order chi connectivity index (χ1) is 12.9. The molecule has 0 aliphatic rings. The molecule has 3 rings (SSSR count). The van der Waals surface area contributed by atoms with Gasteiger partial charge < -0.3 is 5.32 Å². The molecule has 0 spiro atoms. The second-order valence-electron chi connectivity index (χ2n) is 5.63. The molecule has 0 aliphatic carbocycles. The first kappa shape index (κ1) is 19.6. The average molecular weight is 427 g/mol. The minimum Gasteiger partial charge on any atom is -0.302 e. The van der Waals surface area contributed by atoms with Gasteiger partial charge in [-0.1, -0.05) is 17.7 Å². The van der Waals surface area contributed by atoms with Crippen LogP contribution in [0.25, 0.3) is 0 Å². The third kappa shape index (κ3) is 5.41. The van der Waals surface area contributed by atoms with Crippen molar-refractivity contribution in [2.45, 2.75) is 19.3 Å². The number of rotatable bonds is 7. The number of nitrogens with zero attached hydrogens (tertiary/aromatic N) is 1. The zero-order chi connectivity index (χ0) is 19.4. The molecular weight excluding hydrogens is 414 g/mol. The van der Waals surface area contributed by atoms with Crippen molar-refractivity contribution in [1.82, 2.24) is 4.98 Å². The molecule has 0 saturated carbocycles. The largest absolute Gasteiger partial charge is 0.302 e. The standard InChI is InChI=1S/C18H13ClF2N2O2S2/c19-16-5-4-15(27-16)14(24)3-6-17(25)23-18-22-9-11(26-18)7-10-1-2-12(20)13(21)8-10/h1-2,4-5,8-9H,3,6-7H2,(H,22,23,25). The van der Waals surface area contributed by atoms with E-state index in [1.165, 1.54) is 28.7 Å². The molecule has 1 aromatic carbocycles. The van der Waals surface area contributed by atoms with E-state index in [4.69, 9.17) is 11.6 Å². The number of carbonyl (C=O) groups is 2. The van der Waals surface area contributed by atoms with Crippen LogP contribution in [-0.4, -0.2) is 16.7 Å². The lowest BCUT2D eigenvalue weighted by atomic mass is 10.1. The molecule has 0 atom stereocenters. The quantitative estimate of drug-likeness (QED) is 0.519. The van der Waals surface area contributed by atoms with Crippen molar-refractivity contribution in [3.8, 4) is 0 Å². The highest BCUT2D eigenvalue weighted by atomic mass is 35.5. The summed E-state index contributed by atoms with van der Waals surface area (Å²) in [6.07, 6.45) is 2.06. The molecule has 4 nitrogen and oxygen atoms in total. The summed E-state index contributed by atoms with van der Waals surface area (Å²) in [7, 11) is 0. The van der Waals surface area contributed by atoms with E-state index < -0.39 is 11.6 Å². The number of ketones is 1. The Morgan fingerprint density at radius 2 is 1.89 bits per heavy atom. The number of amides is 1. The summed E-state index contributed by atoms with van der Waals surface area (Å²) in [5.41, 5.74) is 0.607.